The third kappa shape index (κ3) is 3.49. The van der Waals surface area contributed by atoms with Gasteiger partial charge in [-0.25, -0.2) is 0 Å². The summed E-state index contributed by atoms with van der Waals surface area (Å²) in [5, 5.41) is 0. The molecular weight excluding hydrogens is 304 g/mol. The third-order valence-corrected chi connectivity index (χ3v) is 5.23. The summed E-state index contributed by atoms with van der Waals surface area (Å²) in [7, 11) is 0. The quantitative estimate of drug-likeness (QED) is 0.785. The van der Waals surface area contributed by atoms with E-state index in [0.717, 1.165) is 19.0 Å². The average molecular weight is 331 g/mol. The van der Waals surface area contributed by atoms with Gasteiger partial charge in [-0.05, 0) is 61.9 Å². The number of fused-ring (bicyclic) bond motifs is 1. The van der Waals surface area contributed by atoms with Gasteiger partial charge in [0.25, 0.3) is 0 Å². The molecule has 1 aliphatic heterocycles. The van der Waals surface area contributed by atoms with Gasteiger partial charge in [-0.15, -0.1) is 12.4 Å². The molecule has 1 aromatic carbocycles. The van der Waals surface area contributed by atoms with Gasteiger partial charge in [0.05, 0.1) is 0 Å². The normalized spacial score (nSPS) is 18.1. The summed E-state index contributed by atoms with van der Waals surface area (Å²) in [5.74, 6) is 0.921. The minimum absolute atomic E-state index is 0. The first kappa shape index (κ1) is 16.6. The Labute approximate surface area is 145 Å². The van der Waals surface area contributed by atoms with Crippen molar-refractivity contribution >= 4 is 12.4 Å². The Morgan fingerprint density at radius 3 is 2.61 bits per heavy atom. The average Bonchev–Trinajstić information content (AvgIpc) is 3.34. The number of hydrogen-bond donors (Lipinski definition) is 0. The summed E-state index contributed by atoms with van der Waals surface area (Å²) in [6.45, 7) is 7.04. The van der Waals surface area contributed by atoms with Crippen molar-refractivity contribution in [1.29, 1.82) is 0 Å². The van der Waals surface area contributed by atoms with Crippen LogP contribution in [-0.2, 0) is 19.5 Å². The Hall–Kier alpha value is -1.25. The van der Waals surface area contributed by atoms with Gasteiger partial charge in [-0.3, -0.25) is 4.90 Å². The van der Waals surface area contributed by atoms with E-state index in [0.29, 0.717) is 0 Å². The second kappa shape index (κ2) is 7.11. The lowest BCUT2D eigenvalue weighted by Crippen LogP contribution is -2.22. The molecule has 23 heavy (non-hydrogen) atoms. The molecule has 0 atom stereocenters. The Bertz CT molecular complexity index is 643. The predicted octanol–water partition coefficient (Wildman–Crippen LogP) is 4.76. The standard InChI is InChI=1S/C20H26N2.ClH/c1-2-21-12-6-9-19-18(15-21)13-20(17-7-4-3-5-8-17)22(19)14-16-10-11-16;/h3-5,7-8,13,16H,2,6,9-12,14-15H2,1H3;1H. The Kier molecular flexibility index (Phi) is 5.13. The topological polar surface area (TPSA) is 8.17 Å². The van der Waals surface area contributed by atoms with E-state index in [2.05, 4.69) is 52.8 Å². The van der Waals surface area contributed by atoms with Crippen LogP contribution in [0.3, 0.4) is 0 Å². The lowest BCUT2D eigenvalue weighted by atomic mass is 10.1. The number of benzene rings is 1. The monoisotopic (exact) mass is 330 g/mol. The molecule has 2 aromatic rings. The van der Waals surface area contributed by atoms with Crippen molar-refractivity contribution < 1.29 is 0 Å². The van der Waals surface area contributed by atoms with Gasteiger partial charge < -0.3 is 4.57 Å². The minimum atomic E-state index is 0. The van der Waals surface area contributed by atoms with Gasteiger partial charge in [0.1, 0.15) is 0 Å². The van der Waals surface area contributed by atoms with Crippen LogP contribution < -0.4 is 0 Å². The predicted molar refractivity (Wildman–Crippen MR) is 99.1 cm³/mol. The summed E-state index contributed by atoms with van der Waals surface area (Å²) in [6, 6.07) is 13.4. The number of nitrogens with zero attached hydrogens (tertiary/aromatic N) is 2. The van der Waals surface area contributed by atoms with E-state index < -0.39 is 0 Å². The van der Waals surface area contributed by atoms with E-state index in [4.69, 9.17) is 0 Å². The molecule has 2 aliphatic rings. The fourth-order valence-corrected chi connectivity index (χ4v) is 3.75. The van der Waals surface area contributed by atoms with E-state index in [-0.39, 0.29) is 12.4 Å². The van der Waals surface area contributed by atoms with Crippen LogP contribution >= 0.6 is 12.4 Å². The maximum absolute atomic E-state index is 2.65. The van der Waals surface area contributed by atoms with Gasteiger partial charge in [-0.1, -0.05) is 37.3 Å². The molecule has 1 saturated carbocycles. The zero-order valence-electron chi connectivity index (χ0n) is 14.0. The molecule has 0 amide bonds. The van der Waals surface area contributed by atoms with Gasteiger partial charge in [0.15, 0.2) is 0 Å². The highest BCUT2D eigenvalue weighted by Crippen LogP contribution is 2.36. The molecule has 3 heteroatoms. The molecule has 0 unspecified atom stereocenters. The van der Waals surface area contributed by atoms with Crippen molar-refractivity contribution in [3.05, 3.63) is 47.7 Å². The van der Waals surface area contributed by atoms with Crippen molar-refractivity contribution in [2.75, 3.05) is 13.1 Å². The smallest absolute Gasteiger partial charge is 0.0485 e. The minimum Gasteiger partial charge on any atom is -0.344 e. The van der Waals surface area contributed by atoms with Crippen LogP contribution in [0.4, 0.5) is 0 Å². The summed E-state index contributed by atoms with van der Waals surface area (Å²) < 4.78 is 2.65. The first-order valence-corrected chi connectivity index (χ1v) is 8.84. The van der Waals surface area contributed by atoms with Crippen LogP contribution in [0.15, 0.2) is 36.4 Å². The van der Waals surface area contributed by atoms with E-state index in [1.807, 2.05) is 0 Å². The zero-order valence-corrected chi connectivity index (χ0v) is 14.8. The molecule has 2 nitrogen and oxygen atoms in total. The molecule has 0 spiro atoms. The molecule has 2 heterocycles. The second-order valence-electron chi connectivity index (χ2n) is 6.89. The van der Waals surface area contributed by atoms with Crippen molar-refractivity contribution in [3.63, 3.8) is 0 Å². The summed E-state index contributed by atoms with van der Waals surface area (Å²) in [6.07, 6.45) is 5.37. The Morgan fingerprint density at radius 1 is 1.13 bits per heavy atom. The van der Waals surface area contributed by atoms with Crippen LogP contribution in [0.1, 0.15) is 37.4 Å². The molecule has 4 rings (SSSR count). The van der Waals surface area contributed by atoms with E-state index in [1.54, 1.807) is 11.3 Å². The SMILES string of the molecule is CCN1CCCc2c(cc(-c3ccccc3)n2CC2CC2)C1.Cl. The molecule has 0 N–H and O–H groups in total. The second-order valence-corrected chi connectivity index (χ2v) is 6.89. The van der Waals surface area contributed by atoms with E-state index in [9.17, 15) is 0 Å². The van der Waals surface area contributed by atoms with E-state index in [1.165, 1.54) is 50.0 Å². The molecule has 0 bridgehead atoms. The molecule has 0 radical (unpaired) electrons. The molecule has 124 valence electrons. The maximum Gasteiger partial charge on any atom is 0.0485 e. The number of halogens is 1. The van der Waals surface area contributed by atoms with Crippen LogP contribution in [0.5, 0.6) is 0 Å². The Morgan fingerprint density at radius 2 is 1.91 bits per heavy atom. The molecule has 0 saturated heterocycles. The number of aromatic nitrogens is 1. The molecule has 1 aliphatic carbocycles. The third-order valence-electron chi connectivity index (χ3n) is 5.23. The maximum atomic E-state index is 2.65. The fourth-order valence-electron chi connectivity index (χ4n) is 3.75. The first-order chi connectivity index (χ1) is 10.8. The molecule has 1 fully saturated rings. The largest absolute Gasteiger partial charge is 0.344 e. The van der Waals surface area contributed by atoms with Gasteiger partial charge in [0.2, 0.25) is 0 Å². The highest BCUT2D eigenvalue weighted by molar-refractivity contribution is 5.85. The highest BCUT2D eigenvalue weighted by atomic mass is 35.5. The zero-order chi connectivity index (χ0) is 14.9. The lowest BCUT2D eigenvalue weighted by Gasteiger charge is -2.16. The van der Waals surface area contributed by atoms with Crippen LogP contribution in [0.25, 0.3) is 11.3 Å². The molecule has 1 aromatic heterocycles. The molecular formula is C20H27ClN2. The number of hydrogen-bond acceptors (Lipinski definition) is 1. The van der Waals surface area contributed by atoms with Crippen molar-refractivity contribution in [3.8, 4) is 11.3 Å². The summed E-state index contributed by atoms with van der Waals surface area (Å²) >= 11 is 0. The van der Waals surface area contributed by atoms with Crippen LogP contribution in [0.2, 0.25) is 0 Å². The lowest BCUT2D eigenvalue weighted by molar-refractivity contribution is 0.284. The summed E-state index contributed by atoms with van der Waals surface area (Å²) in [4.78, 5) is 2.59. The van der Waals surface area contributed by atoms with Crippen LogP contribution in [-0.4, -0.2) is 22.6 Å². The fraction of sp³-hybridized carbons (Fsp3) is 0.500. The van der Waals surface area contributed by atoms with Gasteiger partial charge >= 0.3 is 0 Å². The van der Waals surface area contributed by atoms with Crippen molar-refractivity contribution in [2.24, 2.45) is 5.92 Å². The van der Waals surface area contributed by atoms with Gasteiger partial charge in [0, 0.05) is 24.5 Å². The van der Waals surface area contributed by atoms with Crippen molar-refractivity contribution in [2.45, 2.75) is 45.7 Å². The Balaban J connectivity index is 0.00000156. The van der Waals surface area contributed by atoms with Crippen LogP contribution in [0, 0.1) is 5.92 Å². The first-order valence-electron chi connectivity index (χ1n) is 8.84. The highest BCUT2D eigenvalue weighted by Gasteiger charge is 2.26. The van der Waals surface area contributed by atoms with E-state index >= 15 is 0 Å². The number of rotatable bonds is 4. The van der Waals surface area contributed by atoms with Gasteiger partial charge in [-0.2, -0.15) is 0 Å². The van der Waals surface area contributed by atoms with Crippen molar-refractivity contribution in [1.82, 2.24) is 9.47 Å². The summed E-state index contributed by atoms with van der Waals surface area (Å²) in [5.41, 5.74) is 6.00.